The van der Waals surface area contributed by atoms with Gasteiger partial charge in [0.15, 0.2) is 5.83 Å². The molecule has 0 aromatic heterocycles. The lowest BCUT2D eigenvalue weighted by molar-refractivity contribution is 0.213. The number of allylic oxidation sites excluding steroid dienone is 2. The van der Waals surface area contributed by atoms with E-state index in [0.29, 0.717) is 0 Å². The van der Waals surface area contributed by atoms with Gasteiger partial charge < -0.3 is 10.6 Å². The average Bonchev–Trinajstić information content (AvgIpc) is 2.26. The lowest BCUT2D eigenvalue weighted by atomic mass is 10.00. The Hall–Kier alpha value is -1.49. The molecule has 0 aromatic rings. The van der Waals surface area contributed by atoms with E-state index in [1.54, 1.807) is 0 Å². The van der Waals surface area contributed by atoms with Crippen LogP contribution in [0.2, 0.25) is 0 Å². The average molecular weight is 246 g/mol. The molecule has 1 atom stereocenters. The number of carbonyl (C=O) groups excluding carboxylic acids is 1. The molecule has 0 radical (unpaired) electrons. The van der Waals surface area contributed by atoms with E-state index in [2.05, 4.69) is 15.0 Å². The van der Waals surface area contributed by atoms with Crippen LogP contribution in [0.1, 0.15) is 0 Å². The minimum Gasteiger partial charge on any atom is -0.399 e. The summed E-state index contributed by atoms with van der Waals surface area (Å²) in [6, 6.07) is 0. The third-order valence-electron chi connectivity index (χ3n) is 1.94. The number of aliphatic imine (C=N–C) groups is 1. The largest absolute Gasteiger partial charge is 0.399 e. The van der Waals surface area contributed by atoms with Gasteiger partial charge in [-0.25, -0.2) is 9.18 Å². The van der Waals surface area contributed by atoms with Crippen LogP contribution in [0.5, 0.6) is 0 Å². The summed E-state index contributed by atoms with van der Waals surface area (Å²) < 4.78 is 13.6. The number of halogens is 2. The smallest absolute Gasteiger partial charge is 0.240 e. The number of alkyl halides is 1. The standard InChI is InChI=1S/C9H9ClFN3O2/c1-16-14-6-2-7(13-4-15)9(11)5(3-12)8(6)10/h2,8H,3,12H2,1H3. The fourth-order valence-electron chi connectivity index (χ4n) is 1.23. The highest BCUT2D eigenvalue weighted by Crippen LogP contribution is 2.28. The van der Waals surface area contributed by atoms with Gasteiger partial charge in [0.25, 0.3) is 0 Å². The highest BCUT2D eigenvalue weighted by molar-refractivity contribution is 6.36. The first-order chi connectivity index (χ1) is 7.65. The first kappa shape index (κ1) is 12.6. The molecule has 0 fully saturated rings. The molecule has 0 saturated carbocycles. The number of nitrogens with zero attached hydrogens (tertiary/aromatic N) is 2. The quantitative estimate of drug-likeness (QED) is 0.349. The Labute approximate surface area is 96.1 Å². The molecule has 0 amide bonds. The van der Waals surface area contributed by atoms with Crippen LogP contribution in [0.4, 0.5) is 4.39 Å². The summed E-state index contributed by atoms with van der Waals surface area (Å²) in [4.78, 5) is 17.8. The van der Waals surface area contributed by atoms with Crippen LogP contribution in [-0.2, 0) is 9.63 Å². The molecule has 1 aliphatic carbocycles. The first-order valence-electron chi connectivity index (χ1n) is 4.29. The van der Waals surface area contributed by atoms with Gasteiger partial charge in [-0.05, 0) is 6.08 Å². The second-order valence-corrected chi connectivity index (χ2v) is 3.27. The molecule has 0 aliphatic heterocycles. The van der Waals surface area contributed by atoms with Crippen LogP contribution >= 0.6 is 11.6 Å². The van der Waals surface area contributed by atoms with Gasteiger partial charge in [-0.1, -0.05) is 5.16 Å². The minimum absolute atomic E-state index is 0.103. The van der Waals surface area contributed by atoms with Crippen LogP contribution in [0, 0.1) is 0 Å². The summed E-state index contributed by atoms with van der Waals surface area (Å²) in [6.45, 7) is -0.103. The van der Waals surface area contributed by atoms with E-state index in [1.807, 2.05) is 0 Å². The summed E-state index contributed by atoms with van der Waals surface area (Å²) in [5.41, 5.74) is 5.49. The lowest BCUT2D eigenvalue weighted by Gasteiger charge is -2.18. The van der Waals surface area contributed by atoms with Crippen molar-refractivity contribution in [1.29, 1.82) is 0 Å². The van der Waals surface area contributed by atoms with E-state index in [9.17, 15) is 9.18 Å². The fourth-order valence-corrected chi connectivity index (χ4v) is 1.52. The Morgan fingerprint density at radius 3 is 2.94 bits per heavy atom. The van der Waals surface area contributed by atoms with Gasteiger partial charge >= 0.3 is 0 Å². The molecular weight excluding hydrogens is 237 g/mol. The highest BCUT2D eigenvalue weighted by atomic mass is 35.5. The van der Waals surface area contributed by atoms with Crippen molar-refractivity contribution in [3.8, 4) is 0 Å². The van der Waals surface area contributed by atoms with Crippen molar-refractivity contribution in [3.05, 3.63) is 23.2 Å². The molecule has 1 rings (SSSR count). The molecule has 2 N–H and O–H groups in total. The van der Waals surface area contributed by atoms with Gasteiger partial charge in [-0.3, -0.25) is 0 Å². The van der Waals surface area contributed by atoms with E-state index in [1.165, 1.54) is 19.3 Å². The number of rotatable bonds is 3. The molecule has 1 aliphatic rings. The fraction of sp³-hybridized carbons (Fsp3) is 0.333. The molecule has 0 saturated heterocycles. The van der Waals surface area contributed by atoms with E-state index < -0.39 is 11.2 Å². The molecule has 0 bridgehead atoms. The van der Waals surface area contributed by atoms with E-state index in [-0.39, 0.29) is 23.5 Å². The Balaban J connectivity index is 3.27. The summed E-state index contributed by atoms with van der Waals surface area (Å²) in [5, 5.41) is 2.77. The SMILES string of the molecule is CON=C1C=C(N=C=O)C(F)=C(CN)C1Cl. The van der Waals surface area contributed by atoms with Gasteiger partial charge in [0.2, 0.25) is 6.08 Å². The maximum absolute atomic E-state index is 13.6. The highest BCUT2D eigenvalue weighted by Gasteiger charge is 2.27. The predicted octanol–water partition coefficient (Wildman–Crippen LogP) is 1.01. The Morgan fingerprint density at radius 2 is 2.44 bits per heavy atom. The number of isocyanates is 1. The van der Waals surface area contributed by atoms with Crippen LogP contribution < -0.4 is 5.73 Å². The summed E-state index contributed by atoms with van der Waals surface area (Å²) in [6.07, 6.45) is 2.45. The zero-order valence-corrected chi connectivity index (χ0v) is 9.16. The lowest BCUT2D eigenvalue weighted by Crippen LogP contribution is -2.26. The van der Waals surface area contributed by atoms with Gasteiger partial charge in [0, 0.05) is 12.1 Å². The van der Waals surface area contributed by atoms with Crippen molar-refractivity contribution in [3.63, 3.8) is 0 Å². The molecule has 0 spiro atoms. The van der Waals surface area contributed by atoms with Crippen molar-refractivity contribution in [2.24, 2.45) is 15.9 Å². The molecule has 1 unspecified atom stereocenters. The first-order valence-corrected chi connectivity index (χ1v) is 4.73. The summed E-state index contributed by atoms with van der Waals surface area (Å²) in [5.74, 6) is -0.721. The second kappa shape index (κ2) is 5.55. The van der Waals surface area contributed by atoms with Crippen molar-refractivity contribution in [2.75, 3.05) is 13.7 Å². The Bertz CT molecular complexity index is 424. The van der Waals surface area contributed by atoms with Gasteiger partial charge in [-0.15, -0.1) is 11.6 Å². The van der Waals surface area contributed by atoms with Crippen molar-refractivity contribution >= 4 is 23.4 Å². The molecule has 5 nitrogen and oxygen atoms in total. The van der Waals surface area contributed by atoms with Gasteiger partial charge in [0.1, 0.15) is 23.9 Å². The normalized spacial score (nSPS) is 22.9. The van der Waals surface area contributed by atoms with E-state index in [4.69, 9.17) is 17.3 Å². The zero-order valence-electron chi connectivity index (χ0n) is 8.41. The topological polar surface area (TPSA) is 77.0 Å². The van der Waals surface area contributed by atoms with E-state index >= 15 is 0 Å². The summed E-state index contributed by atoms with van der Waals surface area (Å²) >= 11 is 5.91. The molecule has 0 aromatic carbocycles. The van der Waals surface area contributed by atoms with Crippen LogP contribution in [0.3, 0.4) is 0 Å². The predicted molar refractivity (Wildman–Crippen MR) is 57.5 cm³/mol. The second-order valence-electron chi connectivity index (χ2n) is 2.84. The van der Waals surface area contributed by atoms with Crippen LogP contribution in [0.15, 0.2) is 33.3 Å². The number of nitrogens with two attached hydrogens (primary N) is 1. The third-order valence-corrected chi connectivity index (χ3v) is 2.43. The van der Waals surface area contributed by atoms with Crippen LogP contribution in [-0.4, -0.2) is 30.8 Å². The van der Waals surface area contributed by atoms with Crippen LogP contribution in [0.25, 0.3) is 0 Å². The van der Waals surface area contributed by atoms with Crippen molar-refractivity contribution in [1.82, 2.24) is 0 Å². The minimum atomic E-state index is -0.824. The number of hydrogen-bond donors (Lipinski definition) is 1. The maximum atomic E-state index is 13.6. The molecule has 86 valence electrons. The maximum Gasteiger partial charge on any atom is 0.240 e. The van der Waals surface area contributed by atoms with E-state index in [0.717, 1.165) is 0 Å². The van der Waals surface area contributed by atoms with Crippen molar-refractivity contribution < 1.29 is 14.0 Å². The Morgan fingerprint density at radius 1 is 1.75 bits per heavy atom. The zero-order chi connectivity index (χ0) is 12.1. The number of oxime groups is 1. The Kier molecular flexibility index (Phi) is 4.37. The monoisotopic (exact) mass is 245 g/mol. The molecule has 0 heterocycles. The van der Waals surface area contributed by atoms with Crippen molar-refractivity contribution in [2.45, 2.75) is 5.38 Å². The molecule has 7 heteroatoms. The van der Waals surface area contributed by atoms with Gasteiger partial charge in [0.05, 0.1) is 0 Å². The number of hydrogen-bond acceptors (Lipinski definition) is 5. The van der Waals surface area contributed by atoms with Gasteiger partial charge in [-0.2, -0.15) is 4.99 Å². The third kappa shape index (κ3) is 2.36. The molecular formula is C9H9ClFN3O2. The summed E-state index contributed by atoms with van der Waals surface area (Å²) in [7, 11) is 1.32. The molecule has 16 heavy (non-hydrogen) atoms.